The summed E-state index contributed by atoms with van der Waals surface area (Å²) in [6.45, 7) is 4.09. The number of carbonyl (C=O) groups excluding carboxylic acids is 1. The maximum absolute atomic E-state index is 12.0. The molecule has 0 fully saturated rings. The van der Waals surface area contributed by atoms with Crippen LogP contribution in [0.2, 0.25) is 0 Å². The van der Waals surface area contributed by atoms with Crippen LogP contribution in [-0.2, 0) is 6.42 Å². The van der Waals surface area contributed by atoms with Crippen LogP contribution in [0.4, 0.5) is 5.13 Å². The number of nitrogens with zero attached hydrogens (tertiary/aromatic N) is 1. The summed E-state index contributed by atoms with van der Waals surface area (Å²) in [5.74, 6) is -0.101. The van der Waals surface area contributed by atoms with E-state index in [1.54, 1.807) is 0 Å². The van der Waals surface area contributed by atoms with E-state index in [4.69, 9.17) is 0 Å². The molecule has 0 saturated heterocycles. The third-order valence-corrected chi connectivity index (χ3v) is 3.75. The van der Waals surface area contributed by atoms with Crippen molar-refractivity contribution in [1.29, 1.82) is 0 Å². The summed E-state index contributed by atoms with van der Waals surface area (Å²) in [6, 6.07) is 7.80. The smallest absolute Gasteiger partial charge is 0.257 e. The van der Waals surface area contributed by atoms with Gasteiger partial charge in [-0.2, -0.15) is 0 Å². The van der Waals surface area contributed by atoms with Crippen LogP contribution >= 0.6 is 11.3 Å². The van der Waals surface area contributed by atoms with Gasteiger partial charge in [0.2, 0.25) is 0 Å². The van der Waals surface area contributed by atoms with E-state index in [1.165, 1.54) is 29.7 Å². The van der Waals surface area contributed by atoms with Crippen LogP contribution in [0.1, 0.15) is 41.4 Å². The van der Waals surface area contributed by atoms with E-state index in [-0.39, 0.29) is 5.91 Å². The Morgan fingerprint density at radius 1 is 1.32 bits per heavy atom. The zero-order valence-electron chi connectivity index (χ0n) is 11.3. The molecule has 1 heterocycles. The van der Waals surface area contributed by atoms with E-state index in [9.17, 15) is 4.79 Å². The Balaban J connectivity index is 1.99. The van der Waals surface area contributed by atoms with Crippen molar-refractivity contribution in [3.8, 4) is 0 Å². The van der Waals surface area contributed by atoms with Gasteiger partial charge in [0.05, 0.1) is 5.69 Å². The number of amides is 1. The van der Waals surface area contributed by atoms with E-state index in [0.29, 0.717) is 10.7 Å². The van der Waals surface area contributed by atoms with Crippen molar-refractivity contribution in [2.75, 3.05) is 5.32 Å². The Morgan fingerprint density at radius 2 is 2.05 bits per heavy atom. The number of nitrogens with one attached hydrogen (secondary N) is 1. The van der Waals surface area contributed by atoms with Gasteiger partial charge < -0.3 is 0 Å². The molecule has 1 N–H and O–H groups in total. The molecule has 1 amide bonds. The van der Waals surface area contributed by atoms with Gasteiger partial charge in [-0.05, 0) is 37.5 Å². The Bertz CT molecular complexity index is 546. The number of aryl methyl sites for hydroxylation is 2. The molecule has 0 bridgehead atoms. The number of carbonyl (C=O) groups is 1. The van der Waals surface area contributed by atoms with Crippen LogP contribution in [-0.4, -0.2) is 10.9 Å². The van der Waals surface area contributed by atoms with E-state index in [0.717, 1.165) is 12.1 Å². The number of anilines is 1. The van der Waals surface area contributed by atoms with Crippen molar-refractivity contribution >= 4 is 22.4 Å². The highest BCUT2D eigenvalue weighted by Gasteiger charge is 2.07. The van der Waals surface area contributed by atoms with Gasteiger partial charge in [-0.15, -0.1) is 11.3 Å². The molecule has 0 aliphatic carbocycles. The topological polar surface area (TPSA) is 42.0 Å². The standard InChI is InChI=1S/C15H18N2OS/c1-3-4-5-12-6-8-13(9-7-12)14(18)17-15-16-11(2)10-19-15/h6-10H,3-5H2,1-2H3,(H,16,17,18). The van der Waals surface area contributed by atoms with Gasteiger partial charge >= 0.3 is 0 Å². The van der Waals surface area contributed by atoms with Gasteiger partial charge in [-0.3, -0.25) is 10.1 Å². The predicted molar refractivity (Wildman–Crippen MR) is 79.9 cm³/mol. The third-order valence-electron chi connectivity index (χ3n) is 2.87. The molecular formula is C15H18N2OS. The molecule has 4 heteroatoms. The van der Waals surface area contributed by atoms with Gasteiger partial charge in [0.25, 0.3) is 5.91 Å². The Hall–Kier alpha value is -1.68. The minimum absolute atomic E-state index is 0.101. The van der Waals surface area contributed by atoms with Gasteiger partial charge in [0.1, 0.15) is 0 Å². The second kappa shape index (κ2) is 6.48. The van der Waals surface area contributed by atoms with E-state index < -0.39 is 0 Å². The summed E-state index contributed by atoms with van der Waals surface area (Å²) < 4.78 is 0. The average Bonchev–Trinajstić information content (AvgIpc) is 2.82. The average molecular weight is 274 g/mol. The molecule has 0 aliphatic heterocycles. The number of unbranched alkanes of at least 4 members (excludes halogenated alkanes) is 1. The molecule has 0 unspecified atom stereocenters. The minimum atomic E-state index is -0.101. The molecular weight excluding hydrogens is 256 g/mol. The highest BCUT2D eigenvalue weighted by atomic mass is 32.1. The first-order valence-corrected chi connectivity index (χ1v) is 7.39. The molecule has 0 radical (unpaired) electrons. The molecule has 0 spiro atoms. The molecule has 0 saturated carbocycles. The molecule has 2 rings (SSSR count). The van der Waals surface area contributed by atoms with Crippen LogP contribution < -0.4 is 5.32 Å². The first-order valence-electron chi connectivity index (χ1n) is 6.51. The maximum atomic E-state index is 12.0. The van der Waals surface area contributed by atoms with Gasteiger partial charge in [-0.25, -0.2) is 4.98 Å². The van der Waals surface area contributed by atoms with Crippen molar-refractivity contribution in [2.24, 2.45) is 0 Å². The molecule has 1 aromatic heterocycles. The summed E-state index contributed by atoms with van der Waals surface area (Å²) in [5.41, 5.74) is 2.88. The van der Waals surface area contributed by atoms with Gasteiger partial charge in [-0.1, -0.05) is 25.5 Å². The monoisotopic (exact) mass is 274 g/mol. The summed E-state index contributed by atoms with van der Waals surface area (Å²) in [6.07, 6.45) is 3.44. The number of aromatic nitrogens is 1. The fourth-order valence-electron chi connectivity index (χ4n) is 1.78. The molecule has 3 nitrogen and oxygen atoms in total. The molecule has 0 aliphatic rings. The quantitative estimate of drug-likeness (QED) is 0.893. The molecule has 100 valence electrons. The maximum Gasteiger partial charge on any atom is 0.257 e. The van der Waals surface area contributed by atoms with E-state index in [1.807, 2.05) is 36.6 Å². The number of hydrogen-bond donors (Lipinski definition) is 1. The lowest BCUT2D eigenvalue weighted by atomic mass is 10.1. The second-order valence-corrected chi connectivity index (χ2v) is 5.41. The van der Waals surface area contributed by atoms with Crippen molar-refractivity contribution in [2.45, 2.75) is 33.1 Å². The van der Waals surface area contributed by atoms with Crippen LogP contribution in [0.5, 0.6) is 0 Å². The number of benzene rings is 1. The summed E-state index contributed by atoms with van der Waals surface area (Å²) in [5, 5.41) is 5.38. The first kappa shape index (κ1) is 13.7. The lowest BCUT2D eigenvalue weighted by Gasteiger charge is -2.04. The lowest BCUT2D eigenvalue weighted by Crippen LogP contribution is -2.11. The normalized spacial score (nSPS) is 10.4. The molecule has 0 atom stereocenters. The number of hydrogen-bond acceptors (Lipinski definition) is 3. The van der Waals surface area contributed by atoms with Gasteiger partial charge in [0, 0.05) is 10.9 Å². The van der Waals surface area contributed by atoms with Crippen molar-refractivity contribution < 1.29 is 4.79 Å². The molecule has 19 heavy (non-hydrogen) atoms. The van der Waals surface area contributed by atoms with Crippen molar-refractivity contribution in [1.82, 2.24) is 4.98 Å². The Labute approximate surface area is 117 Å². The minimum Gasteiger partial charge on any atom is -0.298 e. The zero-order valence-corrected chi connectivity index (χ0v) is 12.1. The number of rotatable bonds is 5. The zero-order chi connectivity index (χ0) is 13.7. The van der Waals surface area contributed by atoms with Crippen molar-refractivity contribution in [3.05, 3.63) is 46.5 Å². The molecule has 2 aromatic rings. The SMILES string of the molecule is CCCCc1ccc(C(=O)Nc2nc(C)cs2)cc1. The summed E-state index contributed by atoms with van der Waals surface area (Å²) >= 11 is 1.44. The second-order valence-electron chi connectivity index (χ2n) is 4.55. The molecule has 1 aromatic carbocycles. The highest BCUT2D eigenvalue weighted by molar-refractivity contribution is 7.13. The largest absolute Gasteiger partial charge is 0.298 e. The lowest BCUT2D eigenvalue weighted by molar-refractivity contribution is 0.102. The number of thiazole rings is 1. The fraction of sp³-hybridized carbons (Fsp3) is 0.333. The van der Waals surface area contributed by atoms with E-state index in [2.05, 4.69) is 17.2 Å². The van der Waals surface area contributed by atoms with Crippen LogP contribution in [0.15, 0.2) is 29.6 Å². The first-order chi connectivity index (χ1) is 9.19. The third kappa shape index (κ3) is 3.89. The van der Waals surface area contributed by atoms with Crippen molar-refractivity contribution in [3.63, 3.8) is 0 Å². The highest BCUT2D eigenvalue weighted by Crippen LogP contribution is 2.16. The van der Waals surface area contributed by atoms with Gasteiger partial charge in [0.15, 0.2) is 5.13 Å². The van der Waals surface area contributed by atoms with Crippen LogP contribution in [0.3, 0.4) is 0 Å². The predicted octanol–water partition coefficient (Wildman–Crippen LogP) is 4.05. The Kier molecular flexibility index (Phi) is 4.68. The van der Waals surface area contributed by atoms with Crippen LogP contribution in [0, 0.1) is 6.92 Å². The Morgan fingerprint density at radius 3 is 2.63 bits per heavy atom. The fourth-order valence-corrected chi connectivity index (χ4v) is 2.47. The van der Waals surface area contributed by atoms with E-state index >= 15 is 0 Å². The summed E-state index contributed by atoms with van der Waals surface area (Å²) in [4.78, 5) is 16.2. The van der Waals surface area contributed by atoms with Crippen LogP contribution in [0.25, 0.3) is 0 Å². The summed E-state index contributed by atoms with van der Waals surface area (Å²) in [7, 11) is 0.